The highest BCUT2D eigenvalue weighted by atomic mass is 14.5. The molecule has 8 bridgehead atoms. The molecule has 14 rings (SSSR count). The topological polar surface area (TPSA) is 0 Å². The molecular formula is C75H158. The van der Waals surface area contributed by atoms with E-state index in [2.05, 4.69) is 13.8 Å². The van der Waals surface area contributed by atoms with Crippen LogP contribution in [0.5, 0.6) is 0 Å². The standard InChI is InChI=1S/C10H16.C9H16.C8H16.C7H12.C7H14.C6H12.C5H10.C4H8.C3H6.8C2H6/c1-7-2-9-4-8(1)5-10(3-7)6-9;1-9(2)7-3-4-8(9)6-5-7;1-2-4-6-8-7-5-3-1;1-2-7-4-3-6(1)5-7;1-2-4-6-7-5-3-1;1-2-4-6-5-3-1;1-2-4-5-3-1;1-2-4-3-1;1-2-3-1;8*1-2/h7-10H,1-6H2;7-8H,3-6H2,1-2H3;1-8H2;6-7H,1-5H2;1-7H2;1-6H2;1-5H2;1-4H2;1-3H2;8*1-2H3. The van der Waals surface area contributed by atoms with Gasteiger partial charge < -0.3 is 0 Å². The third kappa shape index (κ3) is 46.3. The summed E-state index contributed by atoms with van der Waals surface area (Å²) in [5.41, 5.74) is 0.722. The minimum atomic E-state index is 0.722. The van der Waals surface area contributed by atoms with Crippen LogP contribution in [0.2, 0.25) is 0 Å². The maximum absolute atomic E-state index is 2.46. The fourth-order valence-electron chi connectivity index (χ4n) is 13.9. The smallest absolute Gasteiger partial charge is 0.0298 e. The molecule has 0 heterocycles. The second kappa shape index (κ2) is 64.8. The fourth-order valence-corrected chi connectivity index (χ4v) is 13.9. The van der Waals surface area contributed by atoms with Crippen molar-refractivity contribution in [1.82, 2.24) is 0 Å². The van der Waals surface area contributed by atoms with Crippen LogP contribution in [0.1, 0.15) is 433 Å². The highest BCUT2D eigenvalue weighted by Crippen LogP contribution is 2.57. The van der Waals surface area contributed by atoms with Crippen molar-refractivity contribution in [2.24, 2.45) is 52.8 Å². The maximum atomic E-state index is 2.46. The normalized spacial score (nSPS) is 28.9. The summed E-state index contributed by atoms with van der Waals surface area (Å²) in [6.07, 6.45) is 73.1. The van der Waals surface area contributed by atoms with E-state index in [0.717, 1.165) is 17.3 Å². The average molecular weight is 1060 g/mol. The molecule has 0 aromatic heterocycles. The number of fused-ring (bicyclic) bond motifs is 4. The first kappa shape index (κ1) is 81.5. The Hall–Kier alpha value is 0. The quantitative estimate of drug-likeness (QED) is 0.212. The molecule has 14 saturated carbocycles. The lowest BCUT2D eigenvalue weighted by Gasteiger charge is -2.49. The van der Waals surface area contributed by atoms with Crippen LogP contribution in [0.25, 0.3) is 0 Å². The fraction of sp³-hybridized carbons (Fsp3) is 1.00. The van der Waals surface area contributed by atoms with Crippen LogP contribution in [0.15, 0.2) is 0 Å². The van der Waals surface area contributed by atoms with Gasteiger partial charge in [0.05, 0.1) is 0 Å². The van der Waals surface area contributed by atoms with Gasteiger partial charge in [0.2, 0.25) is 0 Å². The van der Waals surface area contributed by atoms with Crippen LogP contribution in [0.4, 0.5) is 0 Å². The van der Waals surface area contributed by atoms with E-state index < -0.39 is 0 Å². The van der Waals surface area contributed by atoms with Gasteiger partial charge in [-0.3, -0.25) is 0 Å². The molecule has 458 valence electrons. The molecule has 0 atom stereocenters. The Morgan fingerprint density at radius 2 is 0.267 bits per heavy atom. The molecule has 0 unspecified atom stereocenters. The Morgan fingerprint density at radius 1 is 0.160 bits per heavy atom. The molecule has 0 heteroatoms. The minimum absolute atomic E-state index is 0.722. The highest BCUT2D eigenvalue weighted by Gasteiger charge is 2.47. The second-order valence-electron chi connectivity index (χ2n) is 24.0. The van der Waals surface area contributed by atoms with Crippen LogP contribution in [-0.4, -0.2) is 0 Å². The molecule has 75 heavy (non-hydrogen) atoms. The molecule has 0 spiro atoms. The first-order valence-corrected chi connectivity index (χ1v) is 37.1. The van der Waals surface area contributed by atoms with Crippen LogP contribution in [0.3, 0.4) is 0 Å². The molecule has 14 aliphatic carbocycles. The van der Waals surface area contributed by atoms with Gasteiger partial charge in [0.1, 0.15) is 0 Å². The average Bonchev–Trinajstić information content (AvgIpc) is 3.67. The van der Waals surface area contributed by atoms with Crippen molar-refractivity contribution in [3.8, 4) is 0 Å². The zero-order valence-electron chi connectivity index (χ0n) is 57.1. The highest BCUT2D eigenvalue weighted by molar-refractivity contribution is 4.97. The van der Waals surface area contributed by atoms with Crippen molar-refractivity contribution in [2.45, 2.75) is 433 Å². The molecule has 0 amide bonds. The third-order valence-corrected chi connectivity index (χ3v) is 18.3. The van der Waals surface area contributed by atoms with E-state index >= 15 is 0 Å². The van der Waals surface area contributed by atoms with Crippen molar-refractivity contribution < 1.29 is 0 Å². The van der Waals surface area contributed by atoms with Crippen molar-refractivity contribution in [3.63, 3.8) is 0 Å². The van der Waals surface area contributed by atoms with Crippen molar-refractivity contribution in [3.05, 3.63) is 0 Å². The van der Waals surface area contributed by atoms with E-state index in [1.54, 1.807) is 70.6 Å². The summed E-state index contributed by atoms with van der Waals surface area (Å²) in [5.74, 6) is 9.22. The lowest BCUT2D eigenvalue weighted by Crippen LogP contribution is -2.38. The number of hydrogen-bond donors (Lipinski definition) is 0. The van der Waals surface area contributed by atoms with Gasteiger partial charge in [0.25, 0.3) is 0 Å². The molecule has 0 aromatic carbocycles. The summed E-state index contributed by atoms with van der Waals surface area (Å²) in [6.45, 7) is 36.9. The monoisotopic (exact) mass is 1060 g/mol. The molecule has 0 aliphatic heterocycles. The predicted octanol–water partition coefficient (Wildman–Crippen LogP) is 28.9. The number of hydrogen-bond acceptors (Lipinski definition) is 0. The number of rotatable bonds is 0. The van der Waals surface area contributed by atoms with Crippen molar-refractivity contribution in [1.29, 1.82) is 0 Å². The predicted molar refractivity (Wildman–Crippen MR) is 354 cm³/mol. The van der Waals surface area contributed by atoms with Gasteiger partial charge in [-0.15, -0.1) is 0 Å². The SMILES string of the molecule is C1C2CC3CC1CC(C2)C3.C1CC1.C1CC2CCC1C2.C1CCC1.C1CCCC1.C1CCCCC1.C1CCCCCC1.C1CCCCCCC1.CC.CC.CC.CC.CC.CC.CC.CC.CC1(C)C2CCC1CC2. The van der Waals surface area contributed by atoms with Crippen molar-refractivity contribution >= 4 is 0 Å². The van der Waals surface area contributed by atoms with E-state index in [4.69, 9.17) is 0 Å². The Bertz CT molecular complexity index is 794. The Morgan fingerprint density at radius 3 is 0.333 bits per heavy atom. The largest absolute Gasteiger partial charge is 0.0683 e. The van der Waals surface area contributed by atoms with E-state index in [0.29, 0.717) is 0 Å². The third-order valence-electron chi connectivity index (χ3n) is 18.3. The van der Waals surface area contributed by atoms with Gasteiger partial charge in [0.15, 0.2) is 0 Å². The van der Waals surface area contributed by atoms with Gasteiger partial charge in [-0.1, -0.05) is 362 Å². The Balaban J connectivity index is -0.000000370. The Labute approximate surface area is 483 Å². The van der Waals surface area contributed by atoms with E-state index in [9.17, 15) is 0 Å². The molecule has 0 nitrogen and oxygen atoms in total. The van der Waals surface area contributed by atoms with E-state index in [1.807, 2.05) is 111 Å². The first-order chi connectivity index (χ1) is 37.1. The minimum Gasteiger partial charge on any atom is -0.0683 e. The molecule has 0 saturated heterocycles. The summed E-state index contributed by atoms with van der Waals surface area (Å²) in [5, 5.41) is 0. The van der Waals surface area contributed by atoms with Crippen LogP contribution in [0, 0.1) is 52.8 Å². The zero-order valence-corrected chi connectivity index (χ0v) is 57.1. The van der Waals surface area contributed by atoms with E-state index in [1.165, 1.54) is 273 Å². The lowest BCUT2D eigenvalue weighted by molar-refractivity contribution is 0.0198. The van der Waals surface area contributed by atoms with Gasteiger partial charge in [0, 0.05) is 0 Å². The molecule has 14 aliphatic rings. The molecular weight excluding hydrogens is 901 g/mol. The lowest BCUT2D eigenvalue weighted by atomic mass is 9.56. The first-order valence-electron chi connectivity index (χ1n) is 37.1. The van der Waals surface area contributed by atoms with Gasteiger partial charge in [-0.25, -0.2) is 0 Å². The van der Waals surface area contributed by atoms with Crippen LogP contribution >= 0.6 is 0 Å². The van der Waals surface area contributed by atoms with Gasteiger partial charge in [-0.05, 0) is 123 Å². The van der Waals surface area contributed by atoms with Gasteiger partial charge in [-0.2, -0.15) is 0 Å². The summed E-state index contributed by atoms with van der Waals surface area (Å²) in [7, 11) is 0. The van der Waals surface area contributed by atoms with Crippen LogP contribution < -0.4 is 0 Å². The summed E-state index contributed by atoms with van der Waals surface area (Å²) >= 11 is 0. The molecule has 0 radical (unpaired) electrons. The molecule has 0 aromatic rings. The molecule has 14 fully saturated rings. The second-order valence-corrected chi connectivity index (χ2v) is 24.0. The molecule has 0 N–H and O–H groups in total. The Kier molecular flexibility index (Phi) is 70.4. The summed E-state index contributed by atoms with van der Waals surface area (Å²) < 4.78 is 0. The van der Waals surface area contributed by atoms with Crippen LogP contribution in [-0.2, 0) is 0 Å². The zero-order chi connectivity index (χ0) is 57.1. The van der Waals surface area contributed by atoms with E-state index in [-0.39, 0.29) is 0 Å². The summed E-state index contributed by atoms with van der Waals surface area (Å²) in [4.78, 5) is 0. The maximum Gasteiger partial charge on any atom is -0.0298 e. The summed E-state index contributed by atoms with van der Waals surface area (Å²) in [6, 6.07) is 0. The van der Waals surface area contributed by atoms with Gasteiger partial charge >= 0.3 is 0 Å². The van der Waals surface area contributed by atoms with Crippen molar-refractivity contribution in [2.75, 3.05) is 0 Å².